The fraction of sp³-hybridized carbons (Fsp3) is 0.571. The maximum Gasteiger partial charge on any atom is 0.139 e. The summed E-state index contributed by atoms with van der Waals surface area (Å²) < 4.78 is 5.22. The van der Waals surface area contributed by atoms with Crippen LogP contribution in [0.2, 0.25) is 5.02 Å². The molecule has 0 aromatic heterocycles. The smallest absolute Gasteiger partial charge is 0.139 e. The third kappa shape index (κ3) is 3.29. The summed E-state index contributed by atoms with van der Waals surface area (Å²) in [5.41, 5.74) is 1.10. The summed E-state index contributed by atoms with van der Waals surface area (Å²) in [4.78, 5) is 0. The summed E-state index contributed by atoms with van der Waals surface area (Å²) in [7, 11) is 1.65. The molecule has 2 rings (SSSR count). The second-order valence-electron chi connectivity index (χ2n) is 4.95. The lowest BCUT2D eigenvalue weighted by Gasteiger charge is -2.27. The Morgan fingerprint density at radius 1 is 1.24 bits per heavy atom. The number of methoxy groups -OCH3 is 1. The first-order valence-corrected chi connectivity index (χ1v) is 6.67. The standard InChI is InChI=1S/C14H20ClNO/c1-10-3-5-11(6-4-10)16-12-7-8-13(15)14(9-12)17-2/h7-11,16H,3-6H2,1-2H3. The molecule has 0 spiro atoms. The van der Waals surface area contributed by atoms with E-state index >= 15 is 0 Å². The molecule has 1 aliphatic rings. The topological polar surface area (TPSA) is 21.3 Å². The molecule has 0 atom stereocenters. The van der Waals surface area contributed by atoms with Crippen molar-refractivity contribution < 1.29 is 4.74 Å². The van der Waals surface area contributed by atoms with Crippen LogP contribution in [-0.4, -0.2) is 13.2 Å². The van der Waals surface area contributed by atoms with Crippen molar-refractivity contribution in [3.63, 3.8) is 0 Å². The molecule has 17 heavy (non-hydrogen) atoms. The number of rotatable bonds is 3. The maximum atomic E-state index is 6.01. The van der Waals surface area contributed by atoms with Crippen molar-refractivity contribution in [3.8, 4) is 5.75 Å². The molecule has 3 heteroatoms. The molecule has 1 saturated carbocycles. The predicted octanol–water partition coefficient (Wildman–Crippen LogP) is 4.34. The Morgan fingerprint density at radius 3 is 2.59 bits per heavy atom. The Kier molecular flexibility index (Phi) is 4.16. The first kappa shape index (κ1) is 12.6. The molecular weight excluding hydrogens is 234 g/mol. The average Bonchev–Trinajstić information content (AvgIpc) is 2.34. The van der Waals surface area contributed by atoms with Crippen LogP contribution in [0.4, 0.5) is 5.69 Å². The number of hydrogen-bond donors (Lipinski definition) is 1. The van der Waals surface area contributed by atoms with Gasteiger partial charge in [-0.25, -0.2) is 0 Å². The minimum Gasteiger partial charge on any atom is -0.495 e. The van der Waals surface area contributed by atoms with Crippen LogP contribution >= 0.6 is 11.6 Å². The molecule has 0 unspecified atom stereocenters. The fourth-order valence-corrected chi connectivity index (χ4v) is 2.58. The van der Waals surface area contributed by atoms with E-state index < -0.39 is 0 Å². The van der Waals surface area contributed by atoms with Gasteiger partial charge in [-0.1, -0.05) is 18.5 Å². The van der Waals surface area contributed by atoms with Gasteiger partial charge in [0.2, 0.25) is 0 Å². The van der Waals surface area contributed by atoms with Crippen molar-refractivity contribution in [1.82, 2.24) is 0 Å². The zero-order valence-corrected chi connectivity index (χ0v) is 11.3. The van der Waals surface area contributed by atoms with E-state index in [9.17, 15) is 0 Å². The number of nitrogens with one attached hydrogen (secondary N) is 1. The van der Waals surface area contributed by atoms with E-state index in [0.717, 1.165) is 17.4 Å². The number of ether oxygens (including phenoxy) is 1. The van der Waals surface area contributed by atoms with E-state index in [2.05, 4.69) is 12.2 Å². The molecule has 0 saturated heterocycles. The Bertz CT molecular complexity index is 372. The lowest BCUT2D eigenvalue weighted by Crippen LogP contribution is -2.25. The zero-order valence-electron chi connectivity index (χ0n) is 10.5. The monoisotopic (exact) mass is 253 g/mol. The highest BCUT2D eigenvalue weighted by atomic mass is 35.5. The Hall–Kier alpha value is -0.890. The Morgan fingerprint density at radius 2 is 1.94 bits per heavy atom. The van der Waals surface area contributed by atoms with Gasteiger partial charge in [0.05, 0.1) is 12.1 Å². The first-order chi connectivity index (χ1) is 8.19. The molecule has 2 nitrogen and oxygen atoms in total. The lowest BCUT2D eigenvalue weighted by molar-refractivity contribution is 0.361. The maximum absolute atomic E-state index is 6.01. The Labute approximate surface area is 108 Å². The SMILES string of the molecule is COc1cc(NC2CCC(C)CC2)ccc1Cl. The van der Waals surface area contributed by atoms with E-state index in [1.807, 2.05) is 18.2 Å². The van der Waals surface area contributed by atoms with E-state index in [1.54, 1.807) is 7.11 Å². The molecule has 1 fully saturated rings. The highest BCUT2D eigenvalue weighted by molar-refractivity contribution is 6.32. The van der Waals surface area contributed by atoms with Crippen LogP contribution < -0.4 is 10.1 Å². The van der Waals surface area contributed by atoms with Crippen molar-refractivity contribution >= 4 is 17.3 Å². The van der Waals surface area contributed by atoms with Crippen molar-refractivity contribution in [2.45, 2.75) is 38.6 Å². The molecule has 0 heterocycles. The molecule has 1 aromatic carbocycles. The number of hydrogen-bond acceptors (Lipinski definition) is 2. The summed E-state index contributed by atoms with van der Waals surface area (Å²) in [6, 6.07) is 6.47. The third-order valence-corrected chi connectivity index (χ3v) is 3.85. The number of anilines is 1. The van der Waals surface area contributed by atoms with Crippen molar-refractivity contribution in [2.24, 2.45) is 5.92 Å². The summed E-state index contributed by atoms with van der Waals surface area (Å²) in [5.74, 6) is 1.62. The molecule has 0 radical (unpaired) electrons. The molecule has 94 valence electrons. The highest BCUT2D eigenvalue weighted by Crippen LogP contribution is 2.30. The summed E-state index contributed by atoms with van der Waals surface area (Å²) in [6.07, 6.45) is 5.16. The Balaban J connectivity index is 1.99. The van der Waals surface area contributed by atoms with Crippen LogP contribution in [0.1, 0.15) is 32.6 Å². The van der Waals surface area contributed by atoms with Crippen molar-refractivity contribution in [1.29, 1.82) is 0 Å². The third-order valence-electron chi connectivity index (χ3n) is 3.54. The zero-order chi connectivity index (χ0) is 12.3. The largest absolute Gasteiger partial charge is 0.495 e. The van der Waals surface area contributed by atoms with E-state index in [-0.39, 0.29) is 0 Å². The molecule has 1 aliphatic carbocycles. The van der Waals surface area contributed by atoms with Crippen LogP contribution in [0.15, 0.2) is 18.2 Å². The second-order valence-corrected chi connectivity index (χ2v) is 5.36. The minimum absolute atomic E-state index is 0.595. The second kappa shape index (κ2) is 5.63. The molecule has 0 aliphatic heterocycles. The summed E-state index contributed by atoms with van der Waals surface area (Å²) in [5, 5.41) is 4.23. The van der Waals surface area contributed by atoms with Crippen LogP contribution in [0, 0.1) is 5.92 Å². The molecule has 0 bridgehead atoms. The molecular formula is C14H20ClNO. The quantitative estimate of drug-likeness (QED) is 0.865. The first-order valence-electron chi connectivity index (χ1n) is 6.29. The van der Waals surface area contributed by atoms with Crippen molar-refractivity contribution in [2.75, 3.05) is 12.4 Å². The number of halogens is 1. The van der Waals surface area contributed by atoms with Crippen LogP contribution in [0.5, 0.6) is 5.75 Å². The van der Waals surface area contributed by atoms with Gasteiger partial charge in [0.25, 0.3) is 0 Å². The summed E-state index contributed by atoms with van der Waals surface area (Å²) >= 11 is 6.01. The summed E-state index contributed by atoms with van der Waals surface area (Å²) in [6.45, 7) is 2.33. The van der Waals surface area contributed by atoms with Crippen molar-refractivity contribution in [3.05, 3.63) is 23.2 Å². The normalized spacial score (nSPS) is 24.4. The van der Waals surface area contributed by atoms with E-state index in [0.29, 0.717) is 11.1 Å². The van der Waals surface area contributed by atoms with Crippen LogP contribution in [0.25, 0.3) is 0 Å². The lowest BCUT2D eigenvalue weighted by atomic mass is 9.87. The van der Waals surface area contributed by atoms with Gasteiger partial charge in [-0.2, -0.15) is 0 Å². The average molecular weight is 254 g/mol. The van der Waals surface area contributed by atoms with Crippen LogP contribution in [-0.2, 0) is 0 Å². The molecule has 0 amide bonds. The van der Waals surface area contributed by atoms with Gasteiger partial charge in [0.15, 0.2) is 0 Å². The van der Waals surface area contributed by atoms with Gasteiger partial charge in [0, 0.05) is 17.8 Å². The highest BCUT2D eigenvalue weighted by Gasteiger charge is 2.18. The van der Waals surface area contributed by atoms with Gasteiger partial charge in [-0.15, -0.1) is 0 Å². The van der Waals surface area contributed by atoms with E-state index in [1.165, 1.54) is 25.7 Å². The van der Waals surface area contributed by atoms with Gasteiger partial charge >= 0.3 is 0 Å². The van der Waals surface area contributed by atoms with Gasteiger partial charge < -0.3 is 10.1 Å². The van der Waals surface area contributed by atoms with Gasteiger partial charge in [0.1, 0.15) is 5.75 Å². The van der Waals surface area contributed by atoms with Gasteiger partial charge in [-0.05, 0) is 43.7 Å². The molecule has 1 aromatic rings. The van der Waals surface area contributed by atoms with Crippen LogP contribution in [0.3, 0.4) is 0 Å². The number of benzene rings is 1. The van der Waals surface area contributed by atoms with E-state index in [4.69, 9.17) is 16.3 Å². The predicted molar refractivity (Wildman–Crippen MR) is 73.0 cm³/mol. The van der Waals surface area contributed by atoms with Gasteiger partial charge in [-0.3, -0.25) is 0 Å². The molecule has 1 N–H and O–H groups in total. The fourth-order valence-electron chi connectivity index (χ4n) is 2.39. The minimum atomic E-state index is 0.595.